The number of nitrogens with one attached hydrogen (secondary N) is 1. The highest BCUT2D eigenvalue weighted by Crippen LogP contribution is 2.35. The van der Waals surface area contributed by atoms with Gasteiger partial charge in [-0.2, -0.15) is 13.2 Å². The Morgan fingerprint density at radius 3 is 2.75 bits per heavy atom. The predicted molar refractivity (Wildman–Crippen MR) is 66.0 cm³/mol. The molecule has 2 heterocycles. The number of pyridine rings is 1. The Morgan fingerprint density at radius 2 is 2.10 bits per heavy atom. The average molecular weight is 285 g/mol. The minimum Gasteiger partial charge on any atom is -0.365 e. The van der Waals surface area contributed by atoms with Crippen LogP contribution < -0.4 is 5.32 Å². The third-order valence-corrected chi connectivity index (χ3v) is 3.60. The number of halogens is 3. The Labute approximate surface area is 114 Å². The third kappa shape index (κ3) is 2.57. The number of aromatic nitrogens is 1. The lowest BCUT2D eigenvalue weighted by atomic mass is 10.2. The fourth-order valence-corrected chi connectivity index (χ4v) is 2.51. The molecule has 0 aromatic carbocycles. The smallest absolute Gasteiger partial charge is 0.365 e. The quantitative estimate of drug-likeness (QED) is 0.926. The number of anilines is 1. The summed E-state index contributed by atoms with van der Waals surface area (Å²) in [6.45, 7) is 0.456. The first-order chi connectivity index (χ1) is 9.45. The van der Waals surface area contributed by atoms with Crippen LogP contribution in [0.2, 0.25) is 0 Å². The molecular weight excluding hydrogens is 271 g/mol. The van der Waals surface area contributed by atoms with E-state index in [0.29, 0.717) is 12.6 Å². The van der Waals surface area contributed by atoms with E-state index in [1.165, 1.54) is 12.3 Å². The SMILES string of the molecule is O=C1CC(Nc2ncccc2C(F)(F)F)CN1C1CC1. The standard InChI is InChI=1S/C13H14F3N3O/c14-13(15,16)10-2-1-5-17-12(10)18-8-6-11(20)19(7-8)9-3-4-9/h1-2,5,8-9H,3-4,6-7H2,(H,17,18). The number of amides is 1. The predicted octanol–water partition coefficient (Wildman–Crippen LogP) is 2.28. The summed E-state index contributed by atoms with van der Waals surface area (Å²) >= 11 is 0. The number of alkyl halides is 3. The van der Waals surface area contributed by atoms with Gasteiger partial charge in [0, 0.05) is 25.2 Å². The molecule has 1 unspecified atom stereocenters. The molecule has 1 saturated carbocycles. The number of hydrogen-bond acceptors (Lipinski definition) is 3. The molecule has 1 aromatic heterocycles. The summed E-state index contributed by atoms with van der Waals surface area (Å²) in [7, 11) is 0. The summed E-state index contributed by atoms with van der Waals surface area (Å²) in [4.78, 5) is 17.3. The number of rotatable bonds is 3. The van der Waals surface area contributed by atoms with Crippen molar-refractivity contribution in [3.8, 4) is 0 Å². The van der Waals surface area contributed by atoms with Crippen molar-refractivity contribution in [3.05, 3.63) is 23.9 Å². The maximum atomic E-state index is 12.9. The summed E-state index contributed by atoms with van der Waals surface area (Å²) in [6.07, 6.45) is -0.918. The van der Waals surface area contributed by atoms with Crippen LogP contribution in [-0.2, 0) is 11.0 Å². The van der Waals surface area contributed by atoms with E-state index in [9.17, 15) is 18.0 Å². The second-order valence-electron chi connectivity index (χ2n) is 5.22. The third-order valence-electron chi connectivity index (χ3n) is 3.60. The van der Waals surface area contributed by atoms with Crippen LogP contribution in [0, 0.1) is 0 Å². The van der Waals surface area contributed by atoms with Crippen molar-refractivity contribution in [2.75, 3.05) is 11.9 Å². The molecule has 1 atom stereocenters. The highest BCUT2D eigenvalue weighted by atomic mass is 19.4. The molecule has 1 N–H and O–H groups in total. The van der Waals surface area contributed by atoms with Crippen LogP contribution in [0.5, 0.6) is 0 Å². The van der Waals surface area contributed by atoms with E-state index in [1.807, 2.05) is 0 Å². The Morgan fingerprint density at radius 1 is 1.35 bits per heavy atom. The zero-order valence-corrected chi connectivity index (χ0v) is 10.7. The molecule has 7 heteroatoms. The Bertz CT molecular complexity index is 528. The summed E-state index contributed by atoms with van der Waals surface area (Å²) < 4.78 is 38.6. The van der Waals surface area contributed by atoms with Crippen molar-refractivity contribution >= 4 is 11.7 Å². The number of likely N-dealkylation sites (tertiary alicyclic amines) is 1. The van der Waals surface area contributed by atoms with Crippen molar-refractivity contribution in [1.82, 2.24) is 9.88 Å². The van der Waals surface area contributed by atoms with E-state index < -0.39 is 11.7 Å². The van der Waals surface area contributed by atoms with Gasteiger partial charge in [-0.3, -0.25) is 4.79 Å². The van der Waals surface area contributed by atoms with Crippen LogP contribution in [0.4, 0.5) is 19.0 Å². The van der Waals surface area contributed by atoms with Gasteiger partial charge in [-0.1, -0.05) is 0 Å². The van der Waals surface area contributed by atoms with E-state index in [2.05, 4.69) is 10.3 Å². The van der Waals surface area contributed by atoms with Gasteiger partial charge in [0.05, 0.1) is 11.6 Å². The molecule has 3 rings (SSSR count). The molecule has 0 spiro atoms. The minimum absolute atomic E-state index is 0.00879. The van der Waals surface area contributed by atoms with E-state index >= 15 is 0 Å². The lowest BCUT2D eigenvalue weighted by Gasteiger charge is -2.18. The molecular formula is C13H14F3N3O. The topological polar surface area (TPSA) is 45.2 Å². The monoisotopic (exact) mass is 285 g/mol. The molecule has 0 bridgehead atoms. The zero-order valence-electron chi connectivity index (χ0n) is 10.7. The summed E-state index contributed by atoms with van der Waals surface area (Å²) in [6, 6.07) is 2.23. The molecule has 1 aliphatic carbocycles. The first-order valence-electron chi connectivity index (χ1n) is 6.53. The van der Waals surface area contributed by atoms with Gasteiger partial charge >= 0.3 is 6.18 Å². The lowest BCUT2D eigenvalue weighted by Crippen LogP contribution is -2.30. The van der Waals surface area contributed by atoms with Crippen molar-refractivity contribution in [2.24, 2.45) is 0 Å². The number of nitrogens with zero attached hydrogens (tertiary/aromatic N) is 2. The van der Waals surface area contributed by atoms with E-state index in [4.69, 9.17) is 0 Å². The average Bonchev–Trinajstić information content (AvgIpc) is 3.14. The van der Waals surface area contributed by atoms with Gasteiger partial charge < -0.3 is 10.2 Å². The molecule has 0 radical (unpaired) electrons. The van der Waals surface area contributed by atoms with E-state index in [0.717, 1.165) is 18.9 Å². The molecule has 1 aromatic rings. The van der Waals surface area contributed by atoms with Crippen LogP contribution in [0.15, 0.2) is 18.3 Å². The summed E-state index contributed by atoms with van der Waals surface area (Å²) in [5.74, 6) is -0.190. The normalized spacial score (nSPS) is 23.2. The van der Waals surface area contributed by atoms with E-state index in [-0.39, 0.29) is 24.2 Å². The highest BCUT2D eigenvalue weighted by molar-refractivity contribution is 5.80. The summed E-state index contributed by atoms with van der Waals surface area (Å²) in [5.41, 5.74) is -0.794. The molecule has 20 heavy (non-hydrogen) atoms. The first kappa shape index (κ1) is 13.2. The van der Waals surface area contributed by atoms with Gasteiger partial charge in [-0.05, 0) is 25.0 Å². The van der Waals surface area contributed by atoms with Crippen LogP contribution in [0.1, 0.15) is 24.8 Å². The van der Waals surface area contributed by atoms with Gasteiger partial charge in [0.1, 0.15) is 5.82 Å². The van der Waals surface area contributed by atoms with Crippen molar-refractivity contribution in [2.45, 2.75) is 37.5 Å². The van der Waals surface area contributed by atoms with Crippen molar-refractivity contribution in [3.63, 3.8) is 0 Å². The zero-order chi connectivity index (χ0) is 14.3. The second-order valence-corrected chi connectivity index (χ2v) is 5.22. The second kappa shape index (κ2) is 4.64. The Kier molecular flexibility index (Phi) is 3.07. The van der Waals surface area contributed by atoms with Crippen LogP contribution >= 0.6 is 0 Å². The number of hydrogen-bond donors (Lipinski definition) is 1. The maximum absolute atomic E-state index is 12.9. The number of carbonyl (C=O) groups is 1. The fraction of sp³-hybridized carbons (Fsp3) is 0.538. The molecule has 2 aliphatic rings. The molecule has 2 fully saturated rings. The highest BCUT2D eigenvalue weighted by Gasteiger charge is 2.40. The Balaban J connectivity index is 1.74. The van der Waals surface area contributed by atoms with Gasteiger partial charge in [-0.15, -0.1) is 0 Å². The van der Waals surface area contributed by atoms with Crippen LogP contribution in [-0.4, -0.2) is 34.4 Å². The molecule has 1 saturated heterocycles. The lowest BCUT2D eigenvalue weighted by molar-refractivity contribution is -0.137. The Hall–Kier alpha value is -1.79. The first-order valence-corrected chi connectivity index (χ1v) is 6.53. The largest absolute Gasteiger partial charge is 0.419 e. The van der Waals surface area contributed by atoms with Gasteiger partial charge in [0.2, 0.25) is 5.91 Å². The molecule has 1 aliphatic heterocycles. The molecule has 108 valence electrons. The van der Waals surface area contributed by atoms with Gasteiger partial charge in [0.25, 0.3) is 0 Å². The van der Waals surface area contributed by atoms with Crippen molar-refractivity contribution < 1.29 is 18.0 Å². The van der Waals surface area contributed by atoms with Crippen LogP contribution in [0.25, 0.3) is 0 Å². The number of carbonyl (C=O) groups excluding carboxylic acids is 1. The van der Waals surface area contributed by atoms with Gasteiger partial charge in [0.15, 0.2) is 0 Å². The molecule has 4 nitrogen and oxygen atoms in total. The van der Waals surface area contributed by atoms with E-state index in [1.54, 1.807) is 4.90 Å². The molecule has 1 amide bonds. The fourth-order valence-electron chi connectivity index (χ4n) is 2.51. The van der Waals surface area contributed by atoms with Crippen molar-refractivity contribution in [1.29, 1.82) is 0 Å². The van der Waals surface area contributed by atoms with Gasteiger partial charge in [-0.25, -0.2) is 4.98 Å². The van der Waals surface area contributed by atoms with Crippen LogP contribution in [0.3, 0.4) is 0 Å². The maximum Gasteiger partial charge on any atom is 0.419 e. The summed E-state index contributed by atoms with van der Waals surface area (Å²) in [5, 5.41) is 2.77. The minimum atomic E-state index is -4.45.